The molecule has 7 nitrogen and oxygen atoms in total. The SMILES string of the molecule is C\C1=C/C=C/C=C/C=C/c2cccc(O)c2C(=O)O[C@H](C[C@@H](C)O)C[C@@H](O)C/C=C/[C@@H](O)C[C@@H](O)C1. The Morgan fingerprint density at radius 3 is 2.50 bits per heavy atom. The van der Waals surface area contributed by atoms with Gasteiger partial charge in [-0.05, 0) is 38.3 Å². The summed E-state index contributed by atoms with van der Waals surface area (Å²) in [6, 6.07) is 4.71. The van der Waals surface area contributed by atoms with Crippen LogP contribution in [0.1, 0.15) is 61.9 Å². The van der Waals surface area contributed by atoms with E-state index in [1.54, 1.807) is 49.4 Å². The van der Waals surface area contributed by atoms with E-state index in [4.69, 9.17) is 4.74 Å². The first kappa shape index (κ1) is 29.3. The summed E-state index contributed by atoms with van der Waals surface area (Å²) in [5.41, 5.74) is 1.43. The molecule has 0 bridgehead atoms. The maximum Gasteiger partial charge on any atom is 0.342 e. The van der Waals surface area contributed by atoms with E-state index in [1.807, 2.05) is 25.2 Å². The van der Waals surface area contributed by atoms with Crippen LogP contribution in [-0.4, -0.2) is 62.0 Å². The van der Waals surface area contributed by atoms with Crippen LogP contribution in [0.3, 0.4) is 0 Å². The number of fused-ring (bicyclic) bond motifs is 1. The van der Waals surface area contributed by atoms with Gasteiger partial charge in [0, 0.05) is 19.3 Å². The zero-order chi connectivity index (χ0) is 26.5. The first-order valence-electron chi connectivity index (χ1n) is 12.2. The molecular weight excluding hydrogens is 460 g/mol. The van der Waals surface area contributed by atoms with Crippen molar-refractivity contribution in [2.45, 2.75) is 76.5 Å². The molecule has 0 spiro atoms. The van der Waals surface area contributed by atoms with Gasteiger partial charge in [0.2, 0.25) is 0 Å². The minimum atomic E-state index is -0.890. The van der Waals surface area contributed by atoms with E-state index in [-0.39, 0.29) is 37.0 Å². The lowest BCUT2D eigenvalue weighted by atomic mass is 10.0. The second-order valence-corrected chi connectivity index (χ2v) is 9.21. The van der Waals surface area contributed by atoms with Gasteiger partial charge in [-0.1, -0.05) is 72.4 Å². The molecular formula is C29H38O7. The maximum absolute atomic E-state index is 13.0. The summed E-state index contributed by atoms with van der Waals surface area (Å²) in [6.45, 7) is 3.47. The summed E-state index contributed by atoms with van der Waals surface area (Å²) in [4.78, 5) is 13.0. The Morgan fingerprint density at radius 1 is 1.03 bits per heavy atom. The molecule has 0 amide bonds. The minimum absolute atomic E-state index is 0.00468. The molecule has 36 heavy (non-hydrogen) atoms. The van der Waals surface area contributed by atoms with Gasteiger partial charge >= 0.3 is 5.97 Å². The van der Waals surface area contributed by atoms with Crippen LogP contribution in [0.5, 0.6) is 5.75 Å². The highest BCUT2D eigenvalue weighted by Gasteiger charge is 2.24. The van der Waals surface area contributed by atoms with E-state index in [2.05, 4.69) is 0 Å². The van der Waals surface area contributed by atoms with Gasteiger partial charge in [0.15, 0.2) is 0 Å². The summed E-state index contributed by atoms with van der Waals surface area (Å²) < 4.78 is 5.60. The van der Waals surface area contributed by atoms with Gasteiger partial charge in [-0.15, -0.1) is 0 Å². The summed E-state index contributed by atoms with van der Waals surface area (Å²) in [5.74, 6) is -0.978. The van der Waals surface area contributed by atoms with Crippen molar-refractivity contribution in [3.05, 3.63) is 83.5 Å². The van der Waals surface area contributed by atoms with E-state index in [1.165, 1.54) is 12.1 Å². The molecule has 5 atom stereocenters. The van der Waals surface area contributed by atoms with Crippen molar-refractivity contribution in [2.75, 3.05) is 0 Å². The predicted octanol–water partition coefficient (Wildman–Crippen LogP) is 3.97. The lowest BCUT2D eigenvalue weighted by Gasteiger charge is -2.22. The number of carbonyl (C=O) groups is 1. The van der Waals surface area contributed by atoms with Crippen LogP contribution in [0, 0.1) is 0 Å². The van der Waals surface area contributed by atoms with Crippen LogP contribution >= 0.6 is 0 Å². The van der Waals surface area contributed by atoms with Gasteiger partial charge in [0.05, 0.1) is 24.4 Å². The molecule has 0 radical (unpaired) electrons. The number of phenolic OH excluding ortho intramolecular Hbond substituents is 1. The number of aromatic hydroxyl groups is 1. The first-order chi connectivity index (χ1) is 17.2. The smallest absolute Gasteiger partial charge is 0.342 e. The van der Waals surface area contributed by atoms with Crippen molar-refractivity contribution in [3.63, 3.8) is 0 Å². The Bertz CT molecular complexity index is 987. The summed E-state index contributed by atoms with van der Waals surface area (Å²) in [5, 5.41) is 51.2. The van der Waals surface area contributed by atoms with Gasteiger partial charge < -0.3 is 30.3 Å². The van der Waals surface area contributed by atoms with Crippen LogP contribution in [0.2, 0.25) is 0 Å². The van der Waals surface area contributed by atoms with Crippen LogP contribution < -0.4 is 0 Å². The summed E-state index contributed by atoms with van der Waals surface area (Å²) in [6.07, 6.45) is 12.6. The van der Waals surface area contributed by atoms with Crippen LogP contribution in [0.25, 0.3) is 6.08 Å². The number of esters is 1. The molecule has 0 fully saturated rings. The molecule has 5 N–H and O–H groups in total. The normalized spacial score (nSPS) is 30.7. The van der Waals surface area contributed by atoms with E-state index in [0.29, 0.717) is 12.0 Å². The number of phenols is 1. The molecule has 1 aliphatic heterocycles. The fourth-order valence-electron chi connectivity index (χ4n) is 3.95. The van der Waals surface area contributed by atoms with Crippen molar-refractivity contribution in [3.8, 4) is 5.75 Å². The van der Waals surface area contributed by atoms with Gasteiger partial charge in [-0.25, -0.2) is 4.79 Å². The third kappa shape index (κ3) is 10.7. The molecule has 0 saturated carbocycles. The number of benzene rings is 1. The molecule has 1 aromatic rings. The fourth-order valence-corrected chi connectivity index (χ4v) is 3.95. The van der Waals surface area contributed by atoms with E-state index in [0.717, 1.165) is 5.57 Å². The Labute approximate surface area is 213 Å². The molecule has 2 rings (SSSR count). The number of hydrogen-bond donors (Lipinski definition) is 5. The molecule has 1 heterocycles. The molecule has 196 valence electrons. The van der Waals surface area contributed by atoms with Crippen LogP contribution in [0.15, 0.2) is 72.4 Å². The highest BCUT2D eigenvalue weighted by Crippen LogP contribution is 2.25. The first-order valence-corrected chi connectivity index (χ1v) is 12.2. The average Bonchev–Trinajstić information content (AvgIpc) is 2.77. The number of hydrogen-bond acceptors (Lipinski definition) is 7. The number of aliphatic hydroxyl groups excluding tert-OH is 4. The van der Waals surface area contributed by atoms with Crippen molar-refractivity contribution in [1.82, 2.24) is 0 Å². The van der Waals surface area contributed by atoms with E-state index < -0.39 is 36.5 Å². The Kier molecular flexibility index (Phi) is 12.4. The second kappa shape index (κ2) is 15.2. The predicted molar refractivity (Wildman–Crippen MR) is 140 cm³/mol. The molecule has 1 aromatic carbocycles. The van der Waals surface area contributed by atoms with Crippen molar-refractivity contribution < 1.29 is 35.1 Å². The third-order valence-electron chi connectivity index (χ3n) is 5.63. The van der Waals surface area contributed by atoms with Crippen molar-refractivity contribution in [2.24, 2.45) is 0 Å². The van der Waals surface area contributed by atoms with Crippen LogP contribution in [0.4, 0.5) is 0 Å². The number of allylic oxidation sites excluding steroid dienone is 6. The second-order valence-electron chi connectivity index (χ2n) is 9.21. The summed E-state index contributed by atoms with van der Waals surface area (Å²) in [7, 11) is 0. The molecule has 0 unspecified atom stereocenters. The van der Waals surface area contributed by atoms with Gasteiger partial charge in [0.25, 0.3) is 0 Å². The number of rotatable bonds is 2. The average molecular weight is 499 g/mol. The minimum Gasteiger partial charge on any atom is -0.507 e. The lowest BCUT2D eigenvalue weighted by molar-refractivity contribution is -0.000111. The zero-order valence-electron chi connectivity index (χ0n) is 20.9. The summed E-state index contributed by atoms with van der Waals surface area (Å²) >= 11 is 0. The Balaban J connectivity index is 2.33. The van der Waals surface area contributed by atoms with E-state index in [9.17, 15) is 30.3 Å². The van der Waals surface area contributed by atoms with E-state index >= 15 is 0 Å². The van der Waals surface area contributed by atoms with Crippen molar-refractivity contribution in [1.29, 1.82) is 0 Å². The third-order valence-corrected chi connectivity index (χ3v) is 5.63. The Morgan fingerprint density at radius 2 is 1.75 bits per heavy atom. The highest BCUT2D eigenvalue weighted by atomic mass is 16.5. The zero-order valence-corrected chi connectivity index (χ0v) is 20.9. The lowest BCUT2D eigenvalue weighted by Crippen LogP contribution is -2.27. The topological polar surface area (TPSA) is 127 Å². The maximum atomic E-state index is 13.0. The van der Waals surface area contributed by atoms with Crippen LogP contribution in [-0.2, 0) is 4.74 Å². The monoisotopic (exact) mass is 498 g/mol. The Hall–Kier alpha value is -2.97. The highest BCUT2D eigenvalue weighted by molar-refractivity contribution is 5.96. The quantitative estimate of drug-likeness (QED) is 0.308. The standard InChI is InChI=1S/C29H38O7/c1-20-10-6-4-3-5-7-11-22-12-8-15-27(34)28(22)29(35)36-26(17-21(2)30)19-24(32)14-9-13-23(31)18-25(33)16-20/h3-13,15,21,23-26,30-34H,14,16-19H2,1-2H3/b5-3+,6-4+,11-7+,13-9+,20-10+/t21-,23-,24+,25+,26-/m1/s1. The molecule has 0 aromatic heterocycles. The number of carbonyl (C=O) groups excluding carboxylic acids is 1. The molecule has 7 heteroatoms. The molecule has 1 aliphatic rings. The van der Waals surface area contributed by atoms with Gasteiger partial charge in [-0.3, -0.25) is 0 Å². The number of cyclic esters (lactones) is 1. The van der Waals surface area contributed by atoms with Crippen molar-refractivity contribution >= 4 is 12.0 Å². The largest absolute Gasteiger partial charge is 0.507 e. The molecule has 0 aliphatic carbocycles. The fraction of sp³-hybridized carbons (Fsp3) is 0.414. The molecule has 0 saturated heterocycles. The number of aliphatic hydroxyl groups is 4. The van der Waals surface area contributed by atoms with Gasteiger partial charge in [0.1, 0.15) is 17.4 Å². The number of ether oxygens (including phenoxy) is 1. The van der Waals surface area contributed by atoms with Gasteiger partial charge in [-0.2, -0.15) is 0 Å².